The van der Waals surface area contributed by atoms with E-state index in [1.807, 2.05) is 6.92 Å². The monoisotopic (exact) mass is 342 g/mol. The molecule has 1 amide bonds. The lowest BCUT2D eigenvalue weighted by Crippen LogP contribution is -2.34. The lowest BCUT2D eigenvalue weighted by atomic mass is 10.2. The van der Waals surface area contributed by atoms with Gasteiger partial charge in [-0.1, -0.05) is 0 Å². The van der Waals surface area contributed by atoms with Gasteiger partial charge in [0.1, 0.15) is 6.33 Å². The quantitative estimate of drug-likeness (QED) is 0.907. The predicted octanol–water partition coefficient (Wildman–Crippen LogP) is 2.60. The van der Waals surface area contributed by atoms with E-state index >= 15 is 0 Å². The van der Waals surface area contributed by atoms with Crippen molar-refractivity contribution in [1.82, 2.24) is 19.7 Å². The van der Waals surface area contributed by atoms with E-state index in [4.69, 9.17) is 0 Å². The number of carbonyl (C=O) groups is 1. The van der Waals surface area contributed by atoms with E-state index in [9.17, 15) is 18.0 Å². The van der Waals surface area contributed by atoms with Gasteiger partial charge in [0.25, 0.3) is 5.91 Å². The summed E-state index contributed by atoms with van der Waals surface area (Å²) < 4.78 is 42.0. The van der Waals surface area contributed by atoms with Gasteiger partial charge in [0.2, 0.25) is 0 Å². The van der Waals surface area contributed by atoms with Crippen molar-refractivity contribution < 1.29 is 22.7 Å². The van der Waals surface area contributed by atoms with Crippen LogP contribution in [0.15, 0.2) is 12.4 Å². The first-order chi connectivity index (χ1) is 11.2. The van der Waals surface area contributed by atoms with Gasteiger partial charge in [-0.3, -0.25) is 13.9 Å². The number of carbonyl (C=O) groups excluding carboxylic acids is 1. The maximum Gasteiger partial charge on any atom is 0.522 e. The molecule has 3 rings (SSSR count). The van der Waals surface area contributed by atoms with E-state index in [0.29, 0.717) is 11.6 Å². The zero-order chi connectivity index (χ0) is 17.5. The molecular formula is C15H17F3N4O2. The van der Waals surface area contributed by atoms with E-state index in [0.717, 1.165) is 12.8 Å². The first kappa shape index (κ1) is 16.7. The second-order valence-electron chi connectivity index (χ2n) is 6.01. The SMILES string of the molecule is Cc1cc(COC(F)(F)F)nc2c(C(=O)N[C@@H](C)C3CC3)ncn12. The summed E-state index contributed by atoms with van der Waals surface area (Å²) in [6, 6.07) is 1.50. The highest BCUT2D eigenvalue weighted by atomic mass is 19.4. The molecule has 2 aromatic rings. The first-order valence-electron chi connectivity index (χ1n) is 7.60. The minimum atomic E-state index is -4.73. The van der Waals surface area contributed by atoms with Crippen LogP contribution in [0.4, 0.5) is 13.2 Å². The summed E-state index contributed by atoms with van der Waals surface area (Å²) in [5, 5.41) is 2.87. The Labute approximate surface area is 136 Å². The third-order valence-electron chi connectivity index (χ3n) is 4.03. The van der Waals surface area contributed by atoms with Gasteiger partial charge in [-0.05, 0) is 38.7 Å². The molecule has 2 aromatic heterocycles. The average Bonchev–Trinajstić information content (AvgIpc) is 3.24. The van der Waals surface area contributed by atoms with Crippen LogP contribution < -0.4 is 5.32 Å². The van der Waals surface area contributed by atoms with Gasteiger partial charge in [0.15, 0.2) is 11.3 Å². The second-order valence-corrected chi connectivity index (χ2v) is 6.01. The van der Waals surface area contributed by atoms with Crippen molar-refractivity contribution in [3.05, 3.63) is 29.5 Å². The van der Waals surface area contributed by atoms with E-state index in [1.165, 1.54) is 12.4 Å². The molecule has 0 radical (unpaired) electrons. The molecule has 0 aromatic carbocycles. The minimum absolute atomic E-state index is 0.0343. The van der Waals surface area contributed by atoms with Crippen molar-refractivity contribution in [3.63, 3.8) is 0 Å². The molecule has 24 heavy (non-hydrogen) atoms. The lowest BCUT2D eigenvalue weighted by Gasteiger charge is -2.12. The number of nitrogens with zero attached hydrogens (tertiary/aromatic N) is 3. The number of aryl methyl sites for hydroxylation is 1. The number of alkyl halides is 3. The normalized spacial score (nSPS) is 16.4. The Bertz CT molecular complexity index is 768. The maximum atomic E-state index is 12.4. The fraction of sp³-hybridized carbons (Fsp3) is 0.533. The molecule has 6 nitrogen and oxygen atoms in total. The van der Waals surface area contributed by atoms with Crippen LogP contribution in [0.5, 0.6) is 0 Å². The predicted molar refractivity (Wildman–Crippen MR) is 78.2 cm³/mol. The van der Waals surface area contributed by atoms with Crippen LogP contribution in [0.3, 0.4) is 0 Å². The molecule has 0 bridgehead atoms. The Morgan fingerprint density at radius 1 is 1.50 bits per heavy atom. The number of halogens is 3. The summed E-state index contributed by atoms with van der Waals surface area (Å²) in [6.07, 6.45) is -1.13. The number of amides is 1. The minimum Gasteiger partial charge on any atom is -0.348 e. The molecule has 0 spiro atoms. The molecule has 2 heterocycles. The van der Waals surface area contributed by atoms with Crippen molar-refractivity contribution in [1.29, 1.82) is 0 Å². The van der Waals surface area contributed by atoms with E-state index in [-0.39, 0.29) is 29.0 Å². The van der Waals surface area contributed by atoms with Crippen molar-refractivity contribution >= 4 is 11.6 Å². The number of ether oxygens (including phenoxy) is 1. The third kappa shape index (κ3) is 3.66. The highest BCUT2D eigenvalue weighted by Crippen LogP contribution is 2.32. The highest BCUT2D eigenvalue weighted by molar-refractivity contribution is 5.98. The van der Waals surface area contributed by atoms with E-state index in [2.05, 4.69) is 20.0 Å². The van der Waals surface area contributed by atoms with Gasteiger partial charge in [0.05, 0.1) is 12.3 Å². The number of hydrogen-bond donors (Lipinski definition) is 1. The summed E-state index contributed by atoms with van der Waals surface area (Å²) in [6.45, 7) is 2.91. The fourth-order valence-electron chi connectivity index (χ4n) is 2.56. The van der Waals surface area contributed by atoms with Crippen molar-refractivity contribution in [2.24, 2.45) is 5.92 Å². The molecule has 1 N–H and O–H groups in total. The van der Waals surface area contributed by atoms with Gasteiger partial charge in [-0.25, -0.2) is 9.97 Å². The molecule has 0 aliphatic heterocycles. The number of aromatic nitrogens is 3. The average molecular weight is 342 g/mol. The Kier molecular flexibility index (Phi) is 4.20. The third-order valence-corrected chi connectivity index (χ3v) is 4.03. The molecule has 0 unspecified atom stereocenters. The Balaban J connectivity index is 1.85. The zero-order valence-electron chi connectivity index (χ0n) is 13.2. The van der Waals surface area contributed by atoms with Crippen molar-refractivity contribution in [2.75, 3.05) is 0 Å². The molecule has 1 aliphatic carbocycles. The highest BCUT2D eigenvalue weighted by Gasteiger charge is 2.31. The topological polar surface area (TPSA) is 68.5 Å². The van der Waals surface area contributed by atoms with Gasteiger partial charge in [-0.2, -0.15) is 0 Å². The largest absolute Gasteiger partial charge is 0.522 e. The van der Waals surface area contributed by atoms with Crippen LogP contribution in [-0.2, 0) is 11.3 Å². The molecule has 130 valence electrons. The molecule has 1 saturated carbocycles. The van der Waals surface area contributed by atoms with Crippen LogP contribution in [0.2, 0.25) is 0 Å². The summed E-state index contributed by atoms with van der Waals surface area (Å²) in [7, 11) is 0. The maximum absolute atomic E-state index is 12.4. The Hall–Kier alpha value is -2.16. The molecule has 1 fully saturated rings. The standard InChI is InChI=1S/C15H17F3N4O2/c1-8-5-11(6-24-15(16,17)18)21-13-12(19-7-22(8)13)14(23)20-9(2)10-3-4-10/h5,7,9-10H,3-4,6H2,1-2H3,(H,20,23)/t9-/m0/s1. The summed E-state index contributed by atoms with van der Waals surface area (Å²) >= 11 is 0. The lowest BCUT2D eigenvalue weighted by molar-refractivity contribution is -0.330. The van der Waals surface area contributed by atoms with Crippen LogP contribution in [0.1, 0.15) is 41.6 Å². The number of nitrogens with one attached hydrogen (secondary N) is 1. The Morgan fingerprint density at radius 3 is 2.83 bits per heavy atom. The number of fused-ring (bicyclic) bond motifs is 1. The van der Waals surface area contributed by atoms with Crippen molar-refractivity contribution in [2.45, 2.75) is 45.7 Å². The van der Waals surface area contributed by atoms with Gasteiger partial charge >= 0.3 is 6.36 Å². The summed E-state index contributed by atoms with van der Waals surface area (Å²) in [5.41, 5.74) is 1.01. The van der Waals surface area contributed by atoms with E-state index in [1.54, 1.807) is 11.3 Å². The van der Waals surface area contributed by atoms with Gasteiger partial charge in [0, 0.05) is 11.7 Å². The molecule has 9 heteroatoms. The van der Waals surface area contributed by atoms with Crippen LogP contribution in [0, 0.1) is 12.8 Å². The summed E-state index contributed by atoms with van der Waals surface area (Å²) in [5.74, 6) is 0.103. The van der Waals surface area contributed by atoms with Crippen LogP contribution >= 0.6 is 0 Å². The van der Waals surface area contributed by atoms with E-state index < -0.39 is 13.0 Å². The van der Waals surface area contributed by atoms with Crippen LogP contribution in [0.25, 0.3) is 5.65 Å². The number of hydrogen-bond acceptors (Lipinski definition) is 4. The number of rotatable bonds is 5. The van der Waals surface area contributed by atoms with Crippen LogP contribution in [-0.4, -0.2) is 32.7 Å². The van der Waals surface area contributed by atoms with Gasteiger partial charge < -0.3 is 5.32 Å². The molecule has 1 atom stereocenters. The first-order valence-corrected chi connectivity index (χ1v) is 7.60. The summed E-state index contributed by atoms with van der Waals surface area (Å²) in [4.78, 5) is 20.5. The van der Waals surface area contributed by atoms with Crippen molar-refractivity contribution in [3.8, 4) is 0 Å². The number of imidazole rings is 1. The Morgan fingerprint density at radius 2 is 2.21 bits per heavy atom. The molecule has 0 saturated heterocycles. The zero-order valence-corrected chi connectivity index (χ0v) is 13.2. The molecule has 1 aliphatic rings. The molecular weight excluding hydrogens is 325 g/mol. The smallest absolute Gasteiger partial charge is 0.348 e. The van der Waals surface area contributed by atoms with Gasteiger partial charge in [-0.15, -0.1) is 13.2 Å². The second kappa shape index (κ2) is 6.04. The fourth-order valence-corrected chi connectivity index (χ4v) is 2.56.